The summed E-state index contributed by atoms with van der Waals surface area (Å²) in [6, 6.07) is 6.84. The molecule has 0 spiro atoms. The highest BCUT2D eigenvalue weighted by Gasteiger charge is 2.16. The molecule has 1 aliphatic heterocycles. The van der Waals surface area contributed by atoms with Gasteiger partial charge in [-0.3, -0.25) is 0 Å². The number of fused-ring (bicyclic) bond motifs is 3. The van der Waals surface area contributed by atoms with E-state index in [2.05, 4.69) is 50.9 Å². The Bertz CT molecular complexity index is 532. The van der Waals surface area contributed by atoms with E-state index in [0.29, 0.717) is 6.04 Å². The molecule has 0 amide bonds. The van der Waals surface area contributed by atoms with Crippen LogP contribution in [-0.2, 0) is 13.0 Å². The minimum atomic E-state index is 0.516. The zero-order valence-corrected chi connectivity index (χ0v) is 10.8. The minimum absolute atomic E-state index is 0.516. The molecule has 0 bridgehead atoms. The van der Waals surface area contributed by atoms with Crippen molar-refractivity contribution in [2.45, 2.75) is 25.9 Å². The van der Waals surface area contributed by atoms with E-state index in [9.17, 15) is 0 Å². The zero-order chi connectivity index (χ0) is 11.1. The molecule has 16 heavy (non-hydrogen) atoms. The van der Waals surface area contributed by atoms with Crippen molar-refractivity contribution >= 4 is 27.0 Å². The van der Waals surface area contributed by atoms with E-state index >= 15 is 0 Å². The third-order valence-electron chi connectivity index (χ3n) is 3.09. The van der Waals surface area contributed by atoms with Gasteiger partial charge in [-0.05, 0) is 25.1 Å². The van der Waals surface area contributed by atoms with Gasteiger partial charge < -0.3 is 9.88 Å². The average molecular weight is 280 g/mol. The molecule has 2 heterocycles. The van der Waals surface area contributed by atoms with Crippen LogP contribution in [0.2, 0.25) is 0 Å². The molecule has 0 aliphatic carbocycles. The van der Waals surface area contributed by atoms with Crippen LogP contribution in [0.5, 0.6) is 0 Å². The number of nitrogens with one attached hydrogen (secondary N) is 1. The van der Waals surface area contributed by atoms with Crippen molar-refractivity contribution in [3.8, 4) is 0 Å². The summed E-state index contributed by atoms with van der Waals surface area (Å²) in [5, 5.41) is 3.48. The number of benzene rings is 1. The summed E-state index contributed by atoms with van der Waals surface area (Å²) in [5.74, 6) is 1.20. The van der Waals surface area contributed by atoms with Gasteiger partial charge in [0.15, 0.2) is 0 Å². The van der Waals surface area contributed by atoms with Gasteiger partial charge in [-0.15, -0.1) is 0 Å². The minimum Gasteiger partial charge on any atom is -0.326 e. The lowest BCUT2D eigenvalue weighted by atomic mass is 10.3. The molecule has 1 atom stereocenters. The number of nitrogens with zero attached hydrogens (tertiary/aromatic N) is 2. The van der Waals surface area contributed by atoms with Crippen LogP contribution >= 0.6 is 15.9 Å². The second kappa shape index (κ2) is 3.86. The van der Waals surface area contributed by atoms with E-state index in [4.69, 9.17) is 4.98 Å². The summed E-state index contributed by atoms with van der Waals surface area (Å²) in [7, 11) is 0. The Labute approximate surface area is 103 Å². The van der Waals surface area contributed by atoms with Crippen molar-refractivity contribution < 1.29 is 0 Å². The Kier molecular flexibility index (Phi) is 2.48. The van der Waals surface area contributed by atoms with Crippen molar-refractivity contribution in [1.82, 2.24) is 14.9 Å². The van der Waals surface area contributed by atoms with Gasteiger partial charge in [-0.2, -0.15) is 0 Å². The summed E-state index contributed by atoms with van der Waals surface area (Å²) in [5.41, 5.74) is 2.34. The van der Waals surface area contributed by atoms with Crippen LogP contribution in [0.1, 0.15) is 12.7 Å². The lowest BCUT2D eigenvalue weighted by Gasteiger charge is -2.11. The molecule has 1 aromatic carbocycles. The van der Waals surface area contributed by atoms with Crippen LogP contribution < -0.4 is 5.32 Å². The molecule has 3 nitrogen and oxygen atoms in total. The maximum absolute atomic E-state index is 4.70. The first-order chi connectivity index (χ1) is 7.74. The molecule has 1 aliphatic rings. The van der Waals surface area contributed by atoms with Crippen molar-refractivity contribution in [3.63, 3.8) is 0 Å². The van der Waals surface area contributed by atoms with Gasteiger partial charge in [0.1, 0.15) is 5.82 Å². The van der Waals surface area contributed by atoms with Gasteiger partial charge in [-0.1, -0.05) is 15.9 Å². The van der Waals surface area contributed by atoms with Crippen molar-refractivity contribution in [2.75, 3.05) is 6.54 Å². The summed E-state index contributed by atoms with van der Waals surface area (Å²) in [6.45, 7) is 4.25. The van der Waals surface area contributed by atoms with Gasteiger partial charge in [0.05, 0.1) is 11.0 Å². The maximum Gasteiger partial charge on any atom is 0.111 e. The van der Waals surface area contributed by atoms with E-state index in [-0.39, 0.29) is 0 Å². The Morgan fingerprint density at radius 1 is 1.50 bits per heavy atom. The van der Waals surface area contributed by atoms with E-state index in [0.717, 1.165) is 29.5 Å². The largest absolute Gasteiger partial charge is 0.326 e. The maximum atomic E-state index is 4.70. The van der Waals surface area contributed by atoms with Crippen molar-refractivity contribution in [1.29, 1.82) is 0 Å². The second-order valence-corrected chi connectivity index (χ2v) is 5.29. The van der Waals surface area contributed by atoms with Crippen LogP contribution in [0, 0.1) is 0 Å². The highest BCUT2D eigenvalue weighted by atomic mass is 79.9. The highest BCUT2D eigenvalue weighted by molar-refractivity contribution is 9.10. The first-order valence-electron chi connectivity index (χ1n) is 5.62. The number of aromatic nitrogens is 2. The molecule has 0 unspecified atom stereocenters. The summed E-state index contributed by atoms with van der Waals surface area (Å²) < 4.78 is 3.44. The van der Waals surface area contributed by atoms with E-state index in [1.54, 1.807) is 0 Å². The third kappa shape index (κ3) is 1.66. The predicted octanol–water partition coefficient (Wildman–Crippen LogP) is 2.33. The van der Waals surface area contributed by atoms with Gasteiger partial charge in [0.25, 0.3) is 0 Å². The zero-order valence-electron chi connectivity index (χ0n) is 9.20. The molecular weight excluding hydrogens is 266 g/mol. The SMILES string of the molecule is C[C@H]1Cn2c(nc3cc(Br)ccc32)CCN1. The van der Waals surface area contributed by atoms with Gasteiger partial charge >= 0.3 is 0 Å². The first kappa shape index (κ1) is 10.3. The molecule has 0 saturated heterocycles. The Hall–Kier alpha value is -0.870. The van der Waals surface area contributed by atoms with Gasteiger partial charge in [0.2, 0.25) is 0 Å². The molecule has 1 N–H and O–H groups in total. The summed E-state index contributed by atoms with van der Waals surface area (Å²) in [6.07, 6.45) is 1.01. The van der Waals surface area contributed by atoms with E-state index in [1.807, 2.05) is 0 Å². The highest BCUT2D eigenvalue weighted by Crippen LogP contribution is 2.22. The number of hydrogen-bond donors (Lipinski definition) is 1. The number of rotatable bonds is 0. The average Bonchev–Trinajstić information content (AvgIpc) is 2.45. The fourth-order valence-corrected chi connectivity index (χ4v) is 2.67. The van der Waals surface area contributed by atoms with Crippen LogP contribution in [0.3, 0.4) is 0 Å². The molecule has 4 heteroatoms. The smallest absolute Gasteiger partial charge is 0.111 e. The number of hydrogen-bond acceptors (Lipinski definition) is 2. The molecule has 3 rings (SSSR count). The Morgan fingerprint density at radius 2 is 2.38 bits per heavy atom. The monoisotopic (exact) mass is 279 g/mol. The molecular formula is C12H14BrN3. The van der Waals surface area contributed by atoms with Crippen LogP contribution in [0.15, 0.2) is 22.7 Å². The standard InChI is InChI=1S/C12H14BrN3/c1-8-7-16-11-3-2-9(13)6-10(11)15-12(16)4-5-14-8/h2-3,6,8,14H,4-5,7H2,1H3/t8-/m0/s1. The first-order valence-corrected chi connectivity index (χ1v) is 6.41. The molecule has 84 valence electrons. The predicted molar refractivity (Wildman–Crippen MR) is 68.6 cm³/mol. The van der Waals surface area contributed by atoms with Crippen molar-refractivity contribution in [2.24, 2.45) is 0 Å². The molecule has 0 fully saturated rings. The fourth-order valence-electron chi connectivity index (χ4n) is 2.32. The normalized spacial score (nSPS) is 20.8. The van der Waals surface area contributed by atoms with Gasteiger partial charge in [-0.25, -0.2) is 4.98 Å². The van der Waals surface area contributed by atoms with Crippen molar-refractivity contribution in [3.05, 3.63) is 28.5 Å². The van der Waals surface area contributed by atoms with Gasteiger partial charge in [0, 0.05) is 30.0 Å². The molecule has 0 radical (unpaired) electrons. The van der Waals surface area contributed by atoms with Crippen LogP contribution in [0.4, 0.5) is 0 Å². The lowest BCUT2D eigenvalue weighted by molar-refractivity contribution is 0.517. The summed E-state index contributed by atoms with van der Waals surface area (Å²) in [4.78, 5) is 4.70. The summed E-state index contributed by atoms with van der Waals surface area (Å²) >= 11 is 3.49. The Balaban J connectivity index is 2.19. The second-order valence-electron chi connectivity index (χ2n) is 4.38. The lowest BCUT2D eigenvalue weighted by Crippen LogP contribution is -2.28. The molecule has 2 aromatic rings. The molecule has 0 saturated carbocycles. The van der Waals surface area contributed by atoms with Crippen LogP contribution in [-0.4, -0.2) is 22.1 Å². The quantitative estimate of drug-likeness (QED) is 0.802. The van der Waals surface area contributed by atoms with E-state index < -0.39 is 0 Å². The Morgan fingerprint density at radius 3 is 3.25 bits per heavy atom. The number of imidazole rings is 1. The molecule has 1 aromatic heterocycles. The van der Waals surface area contributed by atoms with Crippen LogP contribution in [0.25, 0.3) is 11.0 Å². The van der Waals surface area contributed by atoms with E-state index in [1.165, 1.54) is 11.3 Å². The number of halogens is 1. The fraction of sp³-hybridized carbons (Fsp3) is 0.417. The third-order valence-corrected chi connectivity index (χ3v) is 3.58. The topological polar surface area (TPSA) is 29.9 Å².